The molecule has 0 aliphatic heterocycles. The van der Waals surface area contributed by atoms with E-state index in [1.807, 2.05) is 0 Å². The third kappa shape index (κ3) is 3.37. The quantitative estimate of drug-likeness (QED) is 0.503. The summed E-state index contributed by atoms with van der Waals surface area (Å²) in [7, 11) is 0. The maximum Gasteiger partial charge on any atom is 0.288 e. The molecule has 0 atom stereocenters. The van der Waals surface area contributed by atoms with E-state index in [1.165, 1.54) is 18.2 Å². The highest BCUT2D eigenvalue weighted by Gasteiger charge is 2.20. The number of benzene rings is 1. The molecule has 108 valence electrons. The predicted molar refractivity (Wildman–Crippen MR) is 82.7 cm³/mol. The van der Waals surface area contributed by atoms with Crippen molar-refractivity contribution in [1.29, 1.82) is 0 Å². The highest BCUT2D eigenvalue weighted by atomic mass is 79.9. The Labute approximate surface area is 133 Å². The summed E-state index contributed by atoms with van der Waals surface area (Å²) in [6, 6.07) is 7.43. The summed E-state index contributed by atoms with van der Waals surface area (Å²) < 4.78 is 0.645. The number of carbonyl (C=O) groups excluding carboxylic acids is 1. The van der Waals surface area contributed by atoms with E-state index in [4.69, 9.17) is 11.6 Å². The van der Waals surface area contributed by atoms with Crippen LogP contribution in [0.2, 0.25) is 5.02 Å². The lowest BCUT2D eigenvalue weighted by molar-refractivity contribution is -0.384. The normalized spacial score (nSPS) is 10.2. The van der Waals surface area contributed by atoms with Crippen LogP contribution in [0.15, 0.2) is 34.9 Å². The molecule has 0 aliphatic carbocycles. The number of anilines is 1. The summed E-state index contributed by atoms with van der Waals surface area (Å²) in [6.07, 6.45) is 0. The van der Waals surface area contributed by atoms with Crippen LogP contribution in [0.1, 0.15) is 16.1 Å². The smallest absolute Gasteiger partial charge is 0.288 e. The van der Waals surface area contributed by atoms with Gasteiger partial charge in [-0.2, -0.15) is 0 Å². The molecular formula is C13H9BrClN3O3. The first kappa shape index (κ1) is 15.4. The van der Waals surface area contributed by atoms with Gasteiger partial charge in [0.2, 0.25) is 0 Å². The molecular weight excluding hydrogens is 362 g/mol. The molecule has 8 heteroatoms. The molecule has 1 aromatic heterocycles. The number of rotatable bonds is 3. The Morgan fingerprint density at radius 1 is 1.38 bits per heavy atom. The molecule has 2 aromatic rings. The first-order valence-electron chi connectivity index (χ1n) is 5.77. The van der Waals surface area contributed by atoms with E-state index >= 15 is 0 Å². The lowest BCUT2D eigenvalue weighted by Gasteiger charge is -2.09. The van der Waals surface area contributed by atoms with Crippen LogP contribution in [0.5, 0.6) is 0 Å². The molecule has 1 N–H and O–H groups in total. The van der Waals surface area contributed by atoms with Gasteiger partial charge in [-0.1, -0.05) is 17.7 Å². The minimum atomic E-state index is -0.633. The maximum absolute atomic E-state index is 12.2. The SMILES string of the molecule is Cc1nc(Br)ccc1NC(=O)c1cccc([N+](=O)[O-])c1Cl. The fourth-order valence-corrected chi connectivity index (χ4v) is 2.37. The molecule has 21 heavy (non-hydrogen) atoms. The molecule has 1 aromatic carbocycles. The number of halogens is 2. The van der Waals surface area contributed by atoms with Crippen molar-refractivity contribution < 1.29 is 9.72 Å². The number of aromatic nitrogens is 1. The van der Waals surface area contributed by atoms with Crippen LogP contribution in [0.4, 0.5) is 11.4 Å². The van der Waals surface area contributed by atoms with Crippen molar-refractivity contribution in [3.05, 3.63) is 61.3 Å². The predicted octanol–water partition coefficient (Wildman–Crippen LogP) is 3.97. The fraction of sp³-hybridized carbons (Fsp3) is 0.0769. The van der Waals surface area contributed by atoms with E-state index in [9.17, 15) is 14.9 Å². The topological polar surface area (TPSA) is 85.1 Å². The summed E-state index contributed by atoms with van der Waals surface area (Å²) >= 11 is 9.13. The maximum atomic E-state index is 12.2. The summed E-state index contributed by atoms with van der Waals surface area (Å²) in [5, 5.41) is 13.3. The van der Waals surface area contributed by atoms with Crippen LogP contribution >= 0.6 is 27.5 Å². The first-order valence-corrected chi connectivity index (χ1v) is 6.94. The van der Waals surface area contributed by atoms with Crippen LogP contribution in [0, 0.1) is 17.0 Å². The number of pyridine rings is 1. The van der Waals surface area contributed by atoms with E-state index in [-0.39, 0.29) is 16.3 Å². The van der Waals surface area contributed by atoms with Crippen molar-refractivity contribution in [3.8, 4) is 0 Å². The number of nitrogens with zero attached hydrogens (tertiary/aromatic N) is 2. The van der Waals surface area contributed by atoms with E-state index < -0.39 is 10.8 Å². The van der Waals surface area contributed by atoms with Crippen LogP contribution in [-0.2, 0) is 0 Å². The molecule has 0 saturated heterocycles. The number of amides is 1. The minimum Gasteiger partial charge on any atom is -0.320 e. The van der Waals surface area contributed by atoms with Gasteiger partial charge in [0, 0.05) is 6.07 Å². The number of hydrogen-bond donors (Lipinski definition) is 1. The van der Waals surface area contributed by atoms with Crippen molar-refractivity contribution in [1.82, 2.24) is 4.98 Å². The number of aryl methyl sites for hydroxylation is 1. The van der Waals surface area contributed by atoms with Crippen LogP contribution in [-0.4, -0.2) is 15.8 Å². The van der Waals surface area contributed by atoms with E-state index in [0.717, 1.165) is 0 Å². The van der Waals surface area contributed by atoms with E-state index in [1.54, 1.807) is 19.1 Å². The lowest BCUT2D eigenvalue weighted by Crippen LogP contribution is -2.14. The number of nitro benzene ring substituents is 1. The average molecular weight is 371 g/mol. The third-order valence-electron chi connectivity index (χ3n) is 2.72. The standard InChI is InChI=1S/C13H9BrClN3O3/c1-7-9(5-6-11(14)16-7)17-13(19)8-3-2-4-10(12(8)15)18(20)21/h2-6H,1H3,(H,17,19). The molecule has 0 unspecified atom stereocenters. The number of nitrogens with one attached hydrogen (secondary N) is 1. The summed E-state index contributed by atoms with van der Waals surface area (Å²) in [6.45, 7) is 1.73. The highest BCUT2D eigenvalue weighted by Crippen LogP contribution is 2.28. The Morgan fingerprint density at radius 2 is 2.10 bits per heavy atom. The second kappa shape index (κ2) is 6.19. The number of nitro groups is 1. The number of hydrogen-bond acceptors (Lipinski definition) is 4. The lowest BCUT2D eigenvalue weighted by atomic mass is 10.1. The molecule has 1 amide bonds. The average Bonchev–Trinajstić information content (AvgIpc) is 2.41. The second-order valence-electron chi connectivity index (χ2n) is 4.12. The van der Waals surface area contributed by atoms with Gasteiger partial charge >= 0.3 is 0 Å². The molecule has 1 heterocycles. The molecule has 0 fully saturated rings. The van der Waals surface area contributed by atoms with Crippen LogP contribution in [0.3, 0.4) is 0 Å². The van der Waals surface area contributed by atoms with Crippen molar-refractivity contribution in [2.45, 2.75) is 6.92 Å². The van der Waals surface area contributed by atoms with Gasteiger partial charge in [-0.15, -0.1) is 0 Å². The summed E-state index contributed by atoms with van der Waals surface area (Å²) in [4.78, 5) is 26.5. The van der Waals surface area contributed by atoms with Gasteiger partial charge in [0.25, 0.3) is 11.6 Å². The Balaban J connectivity index is 2.33. The highest BCUT2D eigenvalue weighted by molar-refractivity contribution is 9.10. The van der Waals surface area contributed by atoms with Crippen LogP contribution < -0.4 is 5.32 Å². The Bertz CT molecular complexity index is 737. The van der Waals surface area contributed by atoms with Gasteiger partial charge < -0.3 is 5.32 Å². The van der Waals surface area contributed by atoms with Gasteiger partial charge in [0.15, 0.2) is 0 Å². The zero-order valence-corrected chi connectivity index (χ0v) is 13.1. The molecule has 0 spiro atoms. The van der Waals surface area contributed by atoms with Crippen LogP contribution in [0.25, 0.3) is 0 Å². The zero-order chi connectivity index (χ0) is 15.6. The Morgan fingerprint density at radius 3 is 2.71 bits per heavy atom. The zero-order valence-electron chi connectivity index (χ0n) is 10.8. The molecule has 0 radical (unpaired) electrons. The molecule has 0 aliphatic rings. The fourth-order valence-electron chi connectivity index (χ4n) is 1.69. The summed E-state index contributed by atoms with van der Waals surface area (Å²) in [5.74, 6) is -0.532. The minimum absolute atomic E-state index is 0.0354. The molecule has 2 rings (SSSR count). The van der Waals surface area contributed by atoms with E-state index in [0.29, 0.717) is 16.0 Å². The third-order valence-corrected chi connectivity index (χ3v) is 3.56. The van der Waals surface area contributed by atoms with Gasteiger partial charge in [0.1, 0.15) is 9.63 Å². The molecule has 6 nitrogen and oxygen atoms in total. The van der Waals surface area contributed by atoms with Crippen molar-refractivity contribution >= 4 is 44.8 Å². The molecule has 0 bridgehead atoms. The number of carbonyl (C=O) groups is 1. The van der Waals surface area contributed by atoms with Crippen molar-refractivity contribution in [2.24, 2.45) is 0 Å². The second-order valence-corrected chi connectivity index (χ2v) is 5.31. The van der Waals surface area contributed by atoms with Crippen molar-refractivity contribution in [2.75, 3.05) is 5.32 Å². The Kier molecular flexibility index (Phi) is 4.54. The van der Waals surface area contributed by atoms with Gasteiger partial charge in [0.05, 0.1) is 21.9 Å². The van der Waals surface area contributed by atoms with Gasteiger partial charge in [-0.05, 0) is 41.1 Å². The largest absolute Gasteiger partial charge is 0.320 e. The van der Waals surface area contributed by atoms with E-state index in [2.05, 4.69) is 26.2 Å². The van der Waals surface area contributed by atoms with Gasteiger partial charge in [-0.3, -0.25) is 14.9 Å². The Hall–Kier alpha value is -1.99. The first-order chi connectivity index (χ1) is 9.90. The summed E-state index contributed by atoms with van der Waals surface area (Å²) in [5.41, 5.74) is 0.841. The monoisotopic (exact) mass is 369 g/mol. The molecule has 0 saturated carbocycles. The van der Waals surface area contributed by atoms with Crippen molar-refractivity contribution in [3.63, 3.8) is 0 Å². The van der Waals surface area contributed by atoms with Gasteiger partial charge in [-0.25, -0.2) is 4.98 Å².